The zero-order valence-electron chi connectivity index (χ0n) is 12.8. The maximum atomic E-state index is 12.5. The van der Waals surface area contributed by atoms with Crippen molar-refractivity contribution < 1.29 is 14.3 Å². The molecule has 1 aliphatic rings. The zero-order chi connectivity index (χ0) is 16.2. The summed E-state index contributed by atoms with van der Waals surface area (Å²) >= 11 is 0. The van der Waals surface area contributed by atoms with Crippen LogP contribution in [-0.4, -0.2) is 35.4 Å². The van der Waals surface area contributed by atoms with Crippen molar-refractivity contribution in [3.05, 3.63) is 42.0 Å². The highest BCUT2D eigenvalue weighted by molar-refractivity contribution is 6.01. The van der Waals surface area contributed by atoms with E-state index in [9.17, 15) is 9.59 Å². The summed E-state index contributed by atoms with van der Waals surface area (Å²) in [6, 6.07) is 5.32. The maximum absolute atomic E-state index is 12.5. The third-order valence-electron chi connectivity index (χ3n) is 3.86. The summed E-state index contributed by atoms with van der Waals surface area (Å²) in [5.41, 5.74) is 2.40. The molecule has 0 spiro atoms. The van der Waals surface area contributed by atoms with E-state index in [0.717, 1.165) is 11.3 Å². The first kappa shape index (κ1) is 15.1. The van der Waals surface area contributed by atoms with Gasteiger partial charge in [0.1, 0.15) is 5.75 Å². The highest BCUT2D eigenvalue weighted by atomic mass is 16.5. The van der Waals surface area contributed by atoms with Crippen molar-refractivity contribution in [1.82, 2.24) is 15.3 Å². The van der Waals surface area contributed by atoms with Gasteiger partial charge in [0.05, 0.1) is 19.4 Å². The number of imidazole rings is 1. The molecule has 1 atom stereocenters. The molecule has 2 heterocycles. The molecule has 2 aromatic rings. The van der Waals surface area contributed by atoms with Crippen LogP contribution in [0.25, 0.3) is 0 Å². The minimum absolute atomic E-state index is 0.135. The molecule has 0 unspecified atom stereocenters. The third kappa shape index (κ3) is 3.33. The van der Waals surface area contributed by atoms with Crippen molar-refractivity contribution in [2.24, 2.45) is 0 Å². The van der Waals surface area contributed by atoms with Crippen LogP contribution in [0.4, 0.5) is 5.69 Å². The summed E-state index contributed by atoms with van der Waals surface area (Å²) in [7, 11) is 1.57. The predicted octanol–water partition coefficient (Wildman–Crippen LogP) is 1.20. The first-order valence-corrected chi connectivity index (χ1v) is 7.40. The molecule has 0 saturated heterocycles. The number of benzene rings is 1. The largest absolute Gasteiger partial charge is 0.497 e. The summed E-state index contributed by atoms with van der Waals surface area (Å²) in [6.45, 7) is 0.485. The van der Waals surface area contributed by atoms with Crippen LogP contribution >= 0.6 is 0 Å². The lowest BCUT2D eigenvalue weighted by atomic mass is 9.89. The van der Waals surface area contributed by atoms with Crippen LogP contribution in [0.3, 0.4) is 0 Å². The molecule has 1 aromatic carbocycles. The summed E-state index contributed by atoms with van der Waals surface area (Å²) < 4.78 is 5.21. The number of rotatable bonds is 5. The molecule has 2 amide bonds. The number of H-pyrrole nitrogens is 1. The number of ether oxygens (including phenoxy) is 1. The van der Waals surface area contributed by atoms with E-state index in [1.54, 1.807) is 37.8 Å². The van der Waals surface area contributed by atoms with E-state index < -0.39 is 5.92 Å². The quantitative estimate of drug-likeness (QED) is 0.773. The van der Waals surface area contributed by atoms with Crippen molar-refractivity contribution >= 4 is 17.5 Å². The third-order valence-corrected chi connectivity index (χ3v) is 3.86. The highest BCUT2D eigenvalue weighted by Gasteiger charge is 2.30. The van der Waals surface area contributed by atoms with Crippen LogP contribution in [0.1, 0.15) is 23.6 Å². The fourth-order valence-corrected chi connectivity index (χ4v) is 2.67. The number of anilines is 1. The van der Waals surface area contributed by atoms with Crippen LogP contribution in [-0.2, 0) is 16.0 Å². The number of fused-ring (bicyclic) bond motifs is 1. The normalized spacial score (nSPS) is 16.4. The van der Waals surface area contributed by atoms with E-state index in [1.807, 2.05) is 0 Å². The Kier molecular flexibility index (Phi) is 4.27. The average Bonchev–Trinajstić information content (AvgIpc) is 3.07. The number of hydrogen-bond acceptors (Lipinski definition) is 4. The van der Waals surface area contributed by atoms with E-state index in [1.165, 1.54) is 0 Å². The fourth-order valence-electron chi connectivity index (χ4n) is 2.67. The van der Waals surface area contributed by atoms with E-state index in [-0.39, 0.29) is 18.2 Å². The van der Waals surface area contributed by atoms with E-state index >= 15 is 0 Å². The lowest BCUT2D eigenvalue weighted by Crippen LogP contribution is -2.36. The second-order valence-electron chi connectivity index (χ2n) is 5.38. The minimum Gasteiger partial charge on any atom is -0.497 e. The Morgan fingerprint density at radius 2 is 2.35 bits per heavy atom. The van der Waals surface area contributed by atoms with E-state index in [4.69, 9.17) is 4.74 Å². The highest BCUT2D eigenvalue weighted by Crippen LogP contribution is 2.34. The Balaban J connectivity index is 1.71. The van der Waals surface area contributed by atoms with Crippen LogP contribution < -0.4 is 15.4 Å². The molecule has 0 fully saturated rings. The topological polar surface area (TPSA) is 96.1 Å². The molecule has 3 rings (SSSR count). The van der Waals surface area contributed by atoms with Crippen molar-refractivity contribution in [3.63, 3.8) is 0 Å². The number of carbonyl (C=O) groups is 2. The van der Waals surface area contributed by atoms with Crippen LogP contribution in [0.15, 0.2) is 30.7 Å². The van der Waals surface area contributed by atoms with Gasteiger partial charge in [0.15, 0.2) is 0 Å². The van der Waals surface area contributed by atoms with Gasteiger partial charge in [-0.2, -0.15) is 0 Å². The molecule has 23 heavy (non-hydrogen) atoms. The van der Waals surface area contributed by atoms with Gasteiger partial charge in [-0.05, 0) is 23.8 Å². The van der Waals surface area contributed by atoms with Gasteiger partial charge in [0.2, 0.25) is 11.8 Å². The molecular weight excluding hydrogens is 296 g/mol. The standard InChI is InChI=1S/C16H18N4O3/c1-23-11-2-3-14-12(6-11)13(7-15(21)20-14)16(22)18-5-4-10-8-17-9-19-10/h2-3,6,8-9,13H,4-5,7H2,1H3,(H,17,19)(H,18,22)(H,20,21)/t13-/m1/s1. The number of amides is 2. The number of hydrogen-bond donors (Lipinski definition) is 3. The Bertz CT molecular complexity index is 712. The second kappa shape index (κ2) is 6.51. The van der Waals surface area contributed by atoms with Crippen molar-refractivity contribution in [1.29, 1.82) is 0 Å². The molecule has 3 N–H and O–H groups in total. The summed E-state index contributed by atoms with van der Waals surface area (Å²) in [6.07, 6.45) is 4.12. The van der Waals surface area contributed by atoms with Gasteiger partial charge in [-0.3, -0.25) is 9.59 Å². The van der Waals surface area contributed by atoms with Gasteiger partial charge in [0.25, 0.3) is 0 Å². The number of methoxy groups -OCH3 is 1. The van der Waals surface area contributed by atoms with Crippen molar-refractivity contribution in [2.75, 3.05) is 19.0 Å². The smallest absolute Gasteiger partial charge is 0.228 e. The molecule has 7 heteroatoms. The van der Waals surface area contributed by atoms with Gasteiger partial charge in [-0.25, -0.2) is 4.98 Å². The van der Waals surface area contributed by atoms with Crippen molar-refractivity contribution in [3.8, 4) is 5.75 Å². The minimum atomic E-state index is -0.504. The van der Waals surface area contributed by atoms with Crippen LogP contribution in [0.5, 0.6) is 5.75 Å². The molecule has 7 nitrogen and oxygen atoms in total. The zero-order valence-corrected chi connectivity index (χ0v) is 12.8. The second-order valence-corrected chi connectivity index (χ2v) is 5.38. The predicted molar refractivity (Wildman–Crippen MR) is 84.3 cm³/mol. The van der Waals surface area contributed by atoms with Gasteiger partial charge >= 0.3 is 0 Å². The number of aromatic nitrogens is 2. The van der Waals surface area contributed by atoms with E-state index in [2.05, 4.69) is 20.6 Å². The van der Waals surface area contributed by atoms with Gasteiger partial charge in [-0.15, -0.1) is 0 Å². The first-order chi connectivity index (χ1) is 11.2. The van der Waals surface area contributed by atoms with Gasteiger partial charge < -0.3 is 20.4 Å². The first-order valence-electron chi connectivity index (χ1n) is 7.40. The number of nitrogens with zero attached hydrogens (tertiary/aromatic N) is 1. The van der Waals surface area contributed by atoms with Gasteiger partial charge in [0, 0.05) is 37.0 Å². The lowest BCUT2D eigenvalue weighted by Gasteiger charge is -2.25. The molecule has 0 aliphatic carbocycles. The SMILES string of the molecule is COc1ccc2c(c1)[C@H](C(=O)NCCc1cnc[nH]1)CC(=O)N2. The molecular formula is C16H18N4O3. The van der Waals surface area contributed by atoms with Gasteiger partial charge in [-0.1, -0.05) is 0 Å². The molecule has 1 aromatic heterocycles. The molecule has 0 radical (unpaired) electrons. The Morgan fingerprint density at radius 1 is 1.48 bits per heavy atom. The maximum Gasteiger partial charge on any atom is 0.228 e. The van der Waals surface area contributed by atoms with Crippen LogP contribution in [0, 0.1) is 0 Å². The molecule has 1 aliphatic heterocycles. The van der Waals surface area contributed by atoms with E-state index in [0.29, 0.717) is 24.4 Å². The summed E-state index contributed by atoms with van der Waals surface area (Å²) in [5.74, 6) is -0.156. The Hall–Kier alpha value is -2.83. The summed E-state index contributed by atoms with van der Waals surface area (Å²) in [4.78, 5) is 31.2. The van der Waals surface area contributed by atoms with Crippen molar-refractivity contribution in [2.45, 2.75) is 18.8 Å². The number of carbonyl (C=O) groups excluding carboxylic acids is 2. The molecule has 120 valence electrons. The Morgan fingerprint density at radius 3 is 3.09 bits per heavy atom. The lowest BCUT2D eigenvalue weighted by molar-refractivity contribution is -0.126. The van der Waals surface area contributed by atoms with Crippen LogP contribution in [0.2, 0.25) is 0 Å². The number of aromatic amines is 1. The monoisotopic (exact) mass is 314 g/mol. The fraction of sp³-hybridized carbons (Fsp3) is 0.312. The molecule has 0 saturated carbocycles. The Labute approximate surface area is 133 Å². The molecule has 0 bridgehead atoms. The summed E-state index contributed by atoms with van der Waals surface area (Å²) in [5, 5.41) is 5.67. The average molecular weight is 314 g/mol. The number of nitrogens with one attached hydrogen (secondary N) is 3.